The first kappa shape index (κ1) is 18.8. The molecule has 4 heteroatoms. The Morgan fingerprint density at radius 3 is 2.43 bits per heavy atom. The van der Waals surface area contributed by atoms with Crippen LogP contribution in [0, 0.1) is 0 Å². The van der Waals surface area contributed by atoms with Gasteiger partial charge < -0.3 is 4.90 Å². The summed E-state index contributed by atoms with van der Waals surface area (Å²) in [5, 5.41) is 0. The molecule has 1 heterocycles. The Morgan fingerprint density at radius 2 is 1.86 bits per heavy atom. The predicted octanol–water partition coefficient (Wildman–Crippen LogP) is 2.80. The minimum absolute atomic E-state index is 0. The van der Waals surface area contributed by atoms with Gasteiger partial charge in [-0.2, -0.15) is 0 Å². The molecule has 113 valence electrons. The molecule has 0 atom stereocenters. The SMILES string of the molecule is CCCc1cccc(C(=O)N2CCN(C(C)C)CC2)c1.[Y]. The van der Waals surface area contributed by atoms with Crippen LogP contribution in [0.2, 0.25) is 0 Å². The summed E-state index contributed by atoms with van der Waals surface area (Å²) in [4.78, 5) is 17.0. The van der Waals surface area contributed by atoms with Crippen molar-refractivity contribution in [3.63, 3.8) is 0 Å². The normalized spacial score (nSPS) is 15.9. The molecular weight excluding hydrogens is 337 g/mol. The summed E-state index contributed by atoms with van der Waals surface area (Å²) in [7, 11) is 0. The van der Waals surface area contributed by atoms with E-state index >= 15 is 0 Å². The zero-order valence-corrected chi connectivity index (χ0v) is 16.3. The van der Waals surface area contributed by atoms with Crippen molar-refractivity contribution in [1.82, 2.24) is 9.80 Å². The fraction of sp³-hybridized carbons (Fsp3) is 0.588. The summed E-state index contributed by atoms with van der Waals surface area (Å²) in [6.45, 7) is 10.2. The number of benzene rings is 1. The van der Waals surface area contributed by atoms with Crippen molar-refractivity contribution in [3.05, 3.63) is 35.4 Å². The summed E-state index contributed by atoms with van der Waals surface area (Å²) in [5.41, 5.74) is 2.10. The van der Waals surface area contributed by atoms with Gasteiger partial charge in [-0.1, -0.05) is 25.5 Å². The zero-order valence-electron chi connectivity index (χ0n) is 13.5. The van der Waals surface area contributed by atoms with E-state index in [2.05, 4.69) is 37.8 Å². The molecule has 1 aromatic carbocycles. The topological polar surface area (TPSA) is 23.6 Å². The molecule has 1 aliphatic rings. The van der Waals surface area contributed by atoms with Gasteiger partial charge in [-0.05, 0) is 38.0 Å². The fourth-order valence-electron chi connectivity index (χ4n) is 2.77. The first-order valence-electron chi connectivity index (χ1n) is 7.74. The van der Waals surface area contributed by atoms with Crippen LogP contribution >= 0.6 is 0 Å². The van der Waals surface area contributed by atoms with Crippen LogP contribution in [0.5, 0.6) is 0 Å². The van der Waals surface area contributed by atoms with E-state index in [-0.39, 0.29) is 38.6 Å². The Morgan fingerprint density at radius 1 is 1.19 bits per heavy atom. The Balaban J connectivity index is 0.00000220. The zero-order chi connectivity index (χ0) is 14.5. The second kappa shape index (κ2) is 9.02. The van der Waals surface area contributed by atoms with Crippen molar-refractivity contribution < 1.29 is 37.5 Å². The summed E-state index contributed by atoms with van der Waals surface area (Å²) < 4.78 is 0. The van der Waals surface area contributed by atoms with Gasteiger partial charge in [0.15, 0.2) is 0 Å². The van der Waals surface area contributed by atoms with E-state index in [0.717, 1.165) is 44.6 Å². The van der Waals surface area contributed by atoms with E-state index in [4.69, 9.17) is 0 Å². The van der Waals surface area contributed by atoms with Gasteiger partial charge in [-0.15, -0.1) is 0 Å². The Kier molecular flexibility index (Phi) is 8.08. The number of carbonyl (C=O) groups excluding carboxylic acids is 1. The van der Waals surface area contributed by atoms with Gasteiger partial charge in [0.2, 0.25) is 0 Å². The molecule has 0 saturated carbocycles. The van der Waals surface area contributed by atoms with Gasteiger partial charge >= 0.3 is 0 Å². The summed E-state index contributed by atoms with van der Waals surface area (Å²) >= 11 is 0. The maximum absolute atomic E-state index is 12.5. The quantitative estimate of drug-likeness (QED) is 0.821. The molecule has 0 unspecified atom stereocenters. The van der Waals surface area contributed by atoms with Gasteiger partial charge in [0, 0.05) is 70.5 Å². The van der Waals surface area contributed by atoms with E-state index in [1.165, 1.54) is 5.56 Å². The molecule has 1 radical (unpaired) electrons. The van der Waals surface area contributed by atoms with Crippen LogP contribution in [-0.4, -0.2) is 47.9 Å². The predicted molar refractivity (Wildman–Crippen MR) is 83.0 cm³/mol. The molecule has 1 aromatic rings. The number of aryl methyl sites for hydroxylation is 1. The van der Waals surface area contributed by atoms with E-state index in [1.807, 2.05) is 17.0 Å². The number of amides is 1. The summed E-state index contributed by atoms with van der Waals surface area (Å²) in [6, 6.07) is 8.68. The number of rotatable bonds is 4. The number of hydrogen-bond acceptors (Lipinski definition) is 2. The van der Waals surface area contributed by atoms with Crippen LogP contribution in [0.15, 0.2) is 24.3 Å². The van der Waals surface area contributed by atoms with Crippen LogP contribution in [0.1, 0.15) is 43.1 Å². The van der Waals surface area contributed by atoms with E-state index < -0.39 is 0 Å². The number of carbonyl (C=O) groups is 1. The van der Waals surface area contributed by atoms with E-state index in [9.17, 15) is 4.79 Å². The molecule has 0 aliphatic carbocycles. The van der Waals surface area contributed by atoms with Crippen LogP contribution in [-0.2, 0) is 39.1 Å². The molecule has 0 aromatic heterocycles. The first-order valence-corrected chi connectivity index (χ1v) is 7.74. The number of piperazine rings is 1. The minimum Gasteiger partial charge on any atom is -0.336 e. The van der Waals surface area contributed by atoms with E-state index in [1.54, 1.807) is 0 Å². The smallest absolute Gasteiger partial charge is 0.253 e. The molecule has 2 rings (SSSR count). The average molecular weight is 363 g/mol. The molecule has 21 heavy (non-hydrogen) atoms. The van der Waals surface area contributed by atoms with Crippen molar-refractivity contribution in [2.75, 3.05) is 26.2 Å². The third-order valence-corrected chi connectivity index (χ3v) is 4.04. The first-order chi connectivity index (χ1) is 9.61. The van der Waals surface area contributed by atoms with Crippen LogP contribution < -0.4 is 0 Å². The number of nitrogens with zero attached hydrogens (tertiary/aromatic N) is 2. The Hall–Kier alpha value is -0.246. The van der Waals surface area contributed by atoms with Crippen molar-refractivity contribution in [2.24, 2.45) is 0 Å². The Bertz CT molecular complexity index is 454. The monoisotopic (exact) mass is 363 g/mol. The maximum Gasteiger partial charge on any atom is 0.253 e. The largest absolute Gasteiger partial charge is 0.336 e. The third kappa shape index (κ3) is 5.16. The standard InChI is InChI=1S/C17H26N2O.Y/c1-4-6-15-7-5-8-16(13-15)17(20)19-11-9-18(10-12-19)14(2)3;/h5,7-8,13-14H,4,6,9-12H2,1-3H3;. The van der Waals surface area contributed by atoms with Gasteiger partial charge in [-0.25, -0.2) is 0 Å². The second-order valence-electron chi connectivity index (χ2n) is 5.87. The minimum atomic E-state index is 0. The summed E-state index contributed by atoms with van der Waals surface area (Å²) in [6.07, 6.45) is 2.16. The molecular formula is C17H26N2OY. The van der Waals surface area contributed by atoms with Gasteiger partial charge in [0.05, 0.1) is 0 Å². The van der Waals surface area contributed by atoms with Gasteiger partial charge in [0.25, 0.3) is 5.91 Å². The molecule has 1 amide bonds. The molecule has 3 nitrogen and oxygen atoms in total. The van der Waals surface area contributed by atoms with Crippen molar-refractivity contribution in [2.45, 2.75) is 39.7 Å². The van der Waals surface area contributed by atoms with E-state index in [0.29, 0.717) is 6.04 Å². The maximum atomic E-state index is 12.5. The van der Waals surface area contributed by atoms with Crippen molar-refractivity contribution in [3.8, 4) is 0 Å². The van der Waals surface area contributed by atoms with Crippen molar-refractivity contribution in [1.29, 1.82) is 0 Å². The number of hydrogen-bond donors (Lipinski definition) is 0. The van der Waals surface area contributed by atoms with Crippen LogP contribution in [0.25, 0.3) is 0 Å². The molecule has 0 bridgehead atoms. The molecule has 1 saturated heterocycles. The second-order valence-corrected chi connectivity index (χ2v) is 5.87. The summed E-state index contributed by atoms with van der Waals surface area (Å²) in [5.74, 6) is 0.186. The third-order valence-electron chi connectivity index (χ3n) is 4.04. The van der Waals surface area contributed by atoms with Crippen molar-refractivity contribution >= 4 is 5.91 Å². The Labute approximate surface area is 154 Å². The fourth-order valence-corrected chi connectivity index (χ4v) is 2.77. The van der Waals surface area contributed by atoms with Crippen LogP contribution in [0.4, 0.5) is 0 Å². The molecule has 0 N–H and O–H groups in total. The van der Waals surface area contributed by atoms with Gasteiger partial charge in [-0.3, -0.25) is 9.69 Å². The average Bonchev–Trinajstić information content (AvgIpc) is 2.47. The van der Waals surface area contributed by atoms with Crippen LogP contribution in [0.3, 0.4) is 0 Å². The molecule has 0 spiro atoms. The molecule has 1 aliphatic heterocycles. The molecule has 1 fully saturated rings. The van der Waals surface area contributed by atoms with Gasteiger partial charge in [0.1, 0.15) is 0 Å².